The summed E-state index contributed by atoms with van der Waals surface area (Å²) < 4.78 is 4.88. The Morgan fingerprint density at radius 3 is 2.92 bits per heavy atom. The van der Waals surface area contributed by atoms with E-state index in [2.05, 4.69) is 4.98 Å². The number of aromatic nitrogens is 1. The first kappa shape index (κ1) is 9.71. The van der Waals surface area contributed by atoms with E-state index in [0.29, 0.717) is 6.61 Å². The van der Waals surface area contributed by atoms with E-state index in [-0.39, 0.29) is 11.9 Å². The fourth-order valence-corrected chi connectivity index (χ4v) is 0.995. The minimum atomic E-state index is -0.247. The lowest BCUT2D eigenvalue weighted by Crippen LogP contribution is -2.08. The zero-order valence-corrected chi connectivity index (χ0v) is 7.86. The molecule has 0 saturated heterocycles. The molecule has 0 radical (unpaired) electrons. The highest BCUT2D eigenvalue weighted by atomic mass is 16.5. The number of nitrogens with zero attached hydrogens (tertiary/aromatic N) is 1. The molecule has 0 saturated carbocycles. The second kappa shape index (κ2) is 4.60. The highest BCUT2D eigenvalue weighted by Gasteiger charge is 2.07. The van der Waals surface area contributed by atoms with Gasteiger partial charge < -0.3 is 4.74 Å². The van der Waals surface area contributed by atoms with Crippen molar-refractivity contribution in [1.29, 1.82) is 0 Å². The summed E-state index contributed by atoms with van der Waals surface area (Å²) in [6, 6.07) is 5.71. The molecular formula is C10H13NO2. The van der Waals surface area contributed by atoms with Crippen molar-refractivity contribution < 1.29 is 9.53 Å². The topological polar surface area (TPSA) is 39.2 Å². The summed E-state index contributed by atoms with van der Waals surface area (Å²) >= 11 is 0. The molecule has 1 rings (SSSR count). The Kier molecular flexibility index (Phi) is 3.43. The van der Waals surface area contributed by atoms with Gasteiger partial charge in [-0.25, -0.2) is 0 Å². The van der Waals surface area contributed by atoms with Crippen LogP contribution >= 0.6 is 0 Å². The standard InChI is InChI=1S/C10H13NO2/c1-8(7-13-9(2)12)10-5-3-4-6-11-10/h3-6,8H,7H2,1-2H3. The number of pyridine rings is 1. The van der Waals surface area contributed by atoms with Crippen LogP contribution in [0.15, 0.2) is 24.4 Å². The zero-order valence-electron chi connectivity index (χ0n) is 7.86. The van der Waals surface area contributed by atoms with Gasteiger partial charge in [0.25, 0.3) is 0 Å². The maximum absolute atomic E-state index is 10.5. The molecule has 13 heavy (non-hydrogen) atoms. The molecule has 0 N–H and O–H groups in total. The van der Waals surface area contributed by atoms with Gasteiger partial charge in [0.2, 0.25) is 0 Å². The van der Waals surface area contributed by atoms with E-state index in [1.54, 1.807) is 6.20 Å². The van der Waals surface area contributed by atoms with Crippen LogP contribution in [0.4, 0.5) is 0 Å². The Balaban J connectivity index is 2.49. The van der Waals surface area contributed by atoms with Gasteiger partial charge in [-0.2, -0.15) is 0 Å². The number of rotatable bonds is 3. The van der Waals surface area contributed by atoms with Gasteiger partial charge in [0.1, 0.15) is 0 Å². The highest BCUT2D eigenvalue weighted by molar-refractivity contribution is 5.65. The van der Waals surface area contributed by atoms with Gasteiger partial charge in [-0.15, -0.1) is 0 Å². The molecule has 0 aliphatic heterocycles. The SMILES string of the molecule is CC(=O)OCC(C)c1ccccn1. The average molecular weight is 179 g/mol. The molecule has 1 heterocycles. The van der Waals surface area contributed by atoms with Gasteiger partial charge in [0.15, 0.2) is 0 Å². The molecule has 1 aromatic rings. The fraction of sp³-hybridized carbons (Fsp3) is 0.400. The van der Waals surface area contributed by atoms with E-state index in [1.807, 2.05) is 25.1 Å². The third-order valence-corrected chi connectivity index (χ3v) is 1.73. The van der Waals surface area contributed by atoms with E-state index in [4.69, 9.17) is 4.74 Å². The van der Waals surface area contributed by atoms with Gasteiger partial charge in [0, 0.05) is 24.7 Å². The second-order valence-corrected chi connectivity index (χ2v) is 2.96. The Morgan fingerprint density at radius 2 is 2.38 bits per heavy atom. The monoisotopic (exact) mass is 179 g/mol. The van der Waals surface area contributed by atoms with Gasteiger partial charge in [-0.1, -0.05) is 13.0 Å². The Hall–Kier alpha value is -1.38. The van der Waals surface area contributed by atoms with Crippen LogP contribution < -0.4 is 0 Å². The number of carbonyl (C=O) groups excluding carboxylic acids is 1. The smallest absolute Gasteiger partial charge is 0.302 e. The first-order valence-electron chi connectivity index (χ1n) is 4.24. The van der Waals surface area contributed by atoms with Crippen LogP contribution in [0.25, 0.3) is 0 Å². The summed E-state index contributed by atoms with van der Waals surface area (Å²) in [5, 5.41) is 0. The van der Waals surface area contributed by atoms with Crippen molar-refractivity contribution in [1.82, 2.24) is 4.98 Å². The number of ether oxygens (including phenoxy) is 1. The molecule has 0 spiro atoms. The molecule has 0 bridgehead atoms. The molecule has 3 nitrogen and oxygen atoms in total. The van der Waals surface area contributed by atoms with Crippen molar-refractivity contribution in [3.8, 4) is 0 Å². The molecule has 70 valence electrons. The predicted molar refractivity (Wildman–Crippen MR) is 49.3 cm³/mol. The largest absolute Gasteiger partial charge is 0.465 e. The average Bonchev–Trinajstić information content (AvgIpc) is 2.15. The van der Waals surface area contributed by atoms with Gasteiger partial charge in [0.05, 0.1) is 6.61 Å². The van der Waals surface area contributed by atoms with Gasteiger partial charge in [-0.05, 0) is 12.1 Å². The second-order valence-electron chi connectivity index (χ2n) is 2.96. The molecular weight excluding hydrogens is 166 g/mol. The lowest BCUT2D eigenvalue weighted by Gasteiger charge is -2.09. The van der Waals surface area contributed by atoms with Crippen LogP contribution in [0.1, 0.15) is 25.5 Å². The van der Waals surface area contributed by atoms with Gasteiger partial charge in [-0.3, -0.25) is 9.78 Å². The van der Waals surface area contributed by atoms with E-state index in [1.165, 1.54) is 6.92 Å². The summed E-state index contributed by atoms with van der Waals surface area (Å²) in [4.78, 5) is 14.7. The molecule has 1 atom stereocenters. The third kappa shape index (κ3) is 3.23. The van der Waals surface area contributed by atoms with E-state index >= 15 is 0 Å². The molecule has 0 aromatic carbocycles. The summed E-state index contributed by atoms with van der Waals surface area (Å²) in [6.07, 6.45) is 1.74. The zero-order chi connectivity index (χ0) is 9.68. The van der Waals surface area contributed by atoms with Crippen LogP contribution in [-0.4, -0.2) is 17.6 Å². The first-order valence-corrected chi connectivity index (χ1v) is 4.24. The normalized spacial score (nSPS) is 12.2. The predicted octanol–water partition coefficient (Wildman–Crippen LogP) is 1.75. The number of hydrogen-bond acceptors (Lipinski definition) is 3. The van der Waals surface area contributed by atoms with Crippen LogP contribution in [-0.2, 0) is 9.53 Å². The van der Waals surface area contributed by atoms with E-state index in [0.717, 1.165) is 5.69 Å². The lowest BCUT2D eigenvalue weighted by atomic mass is 10.1. The van der Waals surface area contributed by atoms with E-state index < -0.39 is 0 Å². The molecule has 0 fully saturated rings. The molecule has 0 aliphatic carbocycles. The van der Waals surface area contributed by atoms with Crippen LogP contribution in [0, 0.1) is 0 Å². The summed E-state index contributed by atoms with van der Waals surface area (Å²) in [5.41, 5.74) is 0.948. The number of carbonyl (C=O) groups is 1. The Bertz CT molecular complexity index is 272. The highest BCUT2D eigenvalue weighted by Crippen LogP contribution is 2.11. The van der Waals surface area contributed by atoms with Crippen molar-refractivity contribution in [3.63, 3.8) is 0 Å². The number of esters is 1. The molecule has 0 aliphatic rings. The van der Waals surface area contributed by atoms with Gasteiger partial charge >= 0.3 is 5.97 Å². The molecule has 1 unspecified atom stereocenters. The van der Waals surface area contributed by atoms with Crippen molar-refractivity contribution in [2.75, 3.05) is 6.61 Å². The van der Waals surface area contributed by atoms with Crippen molar-refractivity contribution in [2.24, 2.45) is 0 Å². The van der Waals surface area contributed by atoms with E-state index in [9.17, 15) is 4.79 Å². The lowest BCUT2D eigenvalue weighted by molar-refractivity contribution is -0.141. The number of hydrogen-bond donors (Lipinski definition) is 0. The minimum absolute atomic E-state index is 0.157. The molecule has 1 aromatic heterocycles. The molecule has 3 heteroatoms. The molecule has 0 amide bonds. The summed E-state index contributed by atoms with van der Waals surface area (Å²) in [6.45, 7) is 3.78. The quantitative estimate of drug-likeness (QED) is 0.663. The summed E-state index contributed by atoms with van der Waals surface area (Å²) in [7, 11) is 0. The van der Waals surface area contributed by atoms with Crippen LogP contribution in [0.2, 0.25) is 0 Å². The maximum atomic E-state index is 10.5. The Morgan fingerprint density at radius 1 is 1.62 bits per heavy atom. The minimum Gasteiger partial charge on any atom is -0.465 e. The van der Waals surface area contributed by atoms with Crippen molar-refractivity contribution in [3.05, 3.63) is 30.1 Å². The first-order chi connectivity index (χ1) is 6.20. The summed E-state index contributed by atoms with van der Waals surface area (Å²) in [5.74, 6) is -0.0899. The van der Waals surface area contributed by atoms with Crippen LogP contribution in [0.5, 0.6) is 0 Å². The van der Waals surface area contributed by atoms with Crippen molar-refractivity contribution in [2.45, 2.75) is 19.8 Å². The van der Waals surface area contributed by atoms with Crippen LogP contribution in [0.3, 0.4) is 0 Å². The third-order valence-electron chi connectivity index (χ3n) is 1.73. The fourth-order valence-electron chi connectivity index (χ4n) is 0.995. The Labute approximate surface area is 77.8 Å². The maximum Gasteiger partial charge on any atom is 0.302 e. The van der Waals surface area contributed by atoms with Crippen molar-refractivity contribution >= 4 is 5.97 Å².